The maximum absolute atomic E-state index is 13.4. The van der Waals surface area contributed by atoms with Crippen molar-refractivity contribution in [3.05, 3.63) is 29.8 Å². The molecular formula is C20H27NO4. The molecule has 1 aromatic carbocycles. The summed E-state index contributed by atoms with van der Waals surface area (Å²) in [5, 5.41) is 8.96. The molecule has 0 spiro atoms. The number of ether oxygens (including phenoxy) is 1. The van der Waals surface area contributed by atoms with Crippen LogP contribution < -0.4 is 4.74 Å². The summed E-state index contributed by atoms with van der Waals surface area (Å²) in [7, 11) is 1.65. The standard InChI is InChI=1S/C20H27NO4/c1-25-17-6-4-16(5-7-17)20(10-2-3-11-20)19(24)21-12-8-15(9-13-21)14-18(22)23/h4-7,15H,2-3,8-14H2,1H3,(H,22,23). The minimum atomic E-state index is -0.740. The quantitative estimate of drug-likeness (QED) is 0.890. The Hall–Kier alpha value is -2.04. The second kappa shape index (κ2) is 7.46. The van der Waals surface area contributed by atoms with Gasteiger partial charge in [-0.15, -0.1) is 0 Å². The molecule has 3 rings (SSSR count). The number of hydrogen-bond donors (Lipinski definition) is 1. The van der Waals surface area contributed by atoms with Crippen LogP contribution in [-0.2, 0) is 15.0 Å². The van der Waals surface area contributed by atoms with E-state index in [0.717, 1.165) is 49.8 Å². The molecule has 1 N–H and O–H groups in total. The highest BCUT2D eigenvalue weighted by atomic mass is 16.5. The molecule has 1 saturated heterocycles. The molecule has 1 aliphatic carbocycles. The van der Waals surface area contributed by atoms with Crippen LogP contribution in [0.1, 0.15) is 50.5 Å². The lowest BCUT2D eigenvalue weighted by Gasteiger charge is -2.38. The number of nitrogens with zero attached hydrogens (tertiary/aromatic N) is 1. The second-order valence-electron chi connectivity index (χ2n) is 7.35. The van der Waals surface area contributed by atoms with Gasteiger partial charge in [-0.2, -0.15) is 0 Å². The number of aliphatic carboxylic acids is 1. The Kier molecular flexibility index (Phi) is 5.30. The lowest BCUT2D eigenvalue weighted by molar-refractivity contribution is -0.140. The Morgan fingerprint density at radius 1 is 1.16 bits per heavy atom. The number of amides is 1. The van der Waals surface area contributed by atoms with Crippen LogP contribution >= 0.6 is 0 Å². The van der Waals surface area contributed by atoms with E-state index in [2.05, 4.69) is 0 Å². The highest BCUT2D eigenvalue weighted by Gasteiger charge is 2.45. The zero-order chi connectivity index (χ0) is 17.9. The molecule has 5 nitrogen and oxygen atoms in total. The summed E-state index contributed by atoms with van der Waals surface area (Å²) in [5.41, 5.74) is 0.676. The zero-order valence-electron chi connectivity index (χ0n) is 14.9. The van der Waals surface area contributed by atoms with Gasteiger partial charge >= 0.3 is 5.97 Å². The molecule has 0 radical (unpaired) electrons. The van der Waals surface area contributed by atoms with Crippen molar-refractivity contribution >= 4 is 11.9 Å². The summed E-state index contributed by atoms with van der Waals surface area (Å²) in [4.78, 5) is 26.2. The lowest BCUT2D eigenvalue weighted by Crippen LogP contribution is -2.48. The van der Waals surface area contributed by atoms with Crippen LogP contribution in [0, 0.1) is 5.92 Å². The number of carbonyl (C=O) groups is 2. The molecule has 2 fully saturated rings. The van der Waals surface area contributed by atoms with E-state index in [1.165, 1.54) is 0 Å². The maximum atomic E-state index is 13.4. The molecule has 0 bridgehead atoms. The Labute approximate surface area is 149 Å². The maximum Gasteiger partial charge on any atom is 0.303 e. The number of likely N-dealkylation sites (tertiary alicyclic amines) is 1. The molecule has 1 saturated carbocycles. The van der Waals surface area contributed by atoms with Crippen LogP contribution in [0.25, 0.3) is 0 Å². The third kappa shape index (κ3) is 3.65. The van der Waals surface area contributed by atoms with Crippen LogP contribution in [0.15, 0.2) is 24.3 Å². The molecule has 1 heterocycles. The molecule has 2 aliphatic rings. The van der Waals surface area contributed by atoms with Gasteiger partial charge in [-0.1, -0.05) is 25.0 Å². The summed E-state index contributed by atoms with van der Waals surface area (Å²) in [6.07, 6.45) is 5.74. The highest BCUT2D eigenvalue weighted by Crippen LogP contribution is 2.43. The van der Waals surface area contributed by atoms with Gasteiger partial charge in [0.05, 0.1) is 12.5 Å². The first kappa shape index (κ1) is 17.8. The van der Waals surface area contributed by atoms with Crippen molar-refractivity contribution in [3.63, 3.8) is 0 Å². The fraction of sp³-hybridized carbons (Fsp3) is 0.600. The predicted octanol–water partition coefficient (Wildman–Crippen LogP) is 3.22. The van der Waals surface area contributed by atoms with Gasteiger partial charge < -0.3 is 14.7 Å². The van der Waals surface area contributed by atoms with Gasteiger partial charge in [-0.3, -0.25) is 9.59 Å². The summed E-state index contributed by atoms with van der Waals surface area (Å²) in [6.45, 7) is 1.35. The number of benzene rings is 1. The summed E-state index contributed by atoms with van der Waals surface area (Å²) < 4.78 is 5.24. The number of hydrogen-bond acceptors (Lipinski definition) is 3. The summed E-state index contributed by atoms with van der Waals surface area (Å²) >= 11 is 0. The molecular weight excluding hydrogens is 318 g/mol. The Morgan fingerprint density at radius 2 is 1.76 bits per heavy atom. The Morgan fingerprint density at radius 3 is 2.28 bits per heavy atom. The lowest BCUT2D eigenvalue weighted by atomic mass is 9.77. The van der Waals surface area contributed by atoms with Crippen LogP contribution in [0.2, 0.25) is 0 Å². The van der Waals surface area contributed by atoms with Crippen LogP contribution in [0.4, 0.5) is 0 Å². The first-order valence-electron chi connectivity index (χ1n) is 9.21. The predicted molar refractivity (Wildman–Crippen MR) is 94.7 cm³/mol. The van der Waals surface area contributed by atoms with E-state index in [9.17, 15) is 9.59 Å². The van der Waals surface area contributed by atoms with Gasteiger partial charge in [0.15, 0.2) is 0 Å². The number of piperidine rings is 1. The van der Waals surface area contributed by atoms with E-state index < -0.39 is 11.4 Å². The topological polar surface area (TPSA) is 66.8 Å². The monoisotopic (exact) mass is 345 g/mol. The van der Waals surface area contributed by atoms with Gasteiger partial charge in [0.1, 0.15) is 5.75 Å². The SMILES string of the molecule is COc1ccc(C2(C(=O)N3CCC(CC(=O)O)CC3)CCCC2)cc1. The van der Waals surface area contributed by atoms with Gasteiger partial charge in [-0.05, 0) is 49.3 Å². The van der Waals surface area contributed by atoms with Crippen molar-refractivity contribution in [2.75, 3.05) is 20.2 Å². The van der Waals surface area contributed by atoms with Gasteiger partial charge in [-0.25, -0.2) is 0 Å². The first-order valence-corrected chi connectivity index (χ1v) is 9.21. The molecule has 0 aromatic heterocycles. The average molecular weight is 345 g/mol. The van der Waals surface area contributed by atoms with Crippen molar-refractivity contribution in [1.82, 2.24) is 4.90 Å². The van der Waals surface area contributed by atoms with Crippen molar-refractivity contribution in [3.8, 4) is 5.75 Å². The molecule has 0 unspecified atom stereocenters. The average Bonchev–Trinajstić information content (AvgIpc) is 3.12. The van der Waals surface area contributed by atoms with Crippen LogP contribution in [-0.4, -0.2) is 42.1 Å². The van der Waals surface area contributed by atoms with Gasteiger partial charge in [0.25, 0.3) is 0 Å². The second-order valence-corrected chi connectivity index (χ2v) is 7.35. The number of rotatable bonds is 5. The minimum Gasteiger partial charge on any atom is -0.497 e. The Balaban J connectivity index is 1.74. The van der Waals surface area contributed by atoms with Crippen molar-refractivity contribution in [2.45, 2.75) is 50.4 Å². The molecule has 5 heteroatoms. The van der Waals surface area contributed by atoms with E-state index in [1.54, 1.807) is 7.11 Å². The van der Waals surface area contributed by atoms with E-state index in [0.29, 0.717) is 13.1 Å². The van der Waals surface area contributed by atoms with Crippen LogP contribution in [0.5, 0.6) is 5.75 Å². The molecule has 1 amide bonds. The number of carboxylic acids is 1. The van der Waals surface area contributed by atoms with Crippen molar-refractivity contribution in [1.29, 1.82) is 0 Å². The third-order valence-corrected chi connectivity index (χ3v) is 5.87. The van der Waals surface area contributed by atoms with Gasteiger partial charge in [0.2, 0.25) is 5.91 Å². The van der Waals surface area contributed by atoms with Gasteiger partial charge in [0, 0.05) is 19.5 Å². The smallest absolute Gasteiger partial charge is 0.303 e. The molecule has 1 aliphatic heterocycles. The highest BCUT2D eigenvalue weighted by molar-refractivity contribution is 5.88. The van der Waals surface area contributed by atoms with E-state index >= 15 is 0 Å². The van der Waals surface area contributed by atoms with E-state index in [1.807, 2.05) is 29.2 Å². The normalized spacial score (nSPS) is 20.4. The third-order valence-electron chi connectivity index (χ3n) is 5.87. The number of carboxylic acid groups (broad SMARTS) is 1. The minimum absolute atomic E-state index is 0.196. The fourth-order valence-corrected chi connectivity index (χ4v) is 4.40. The summed E-state index contributed by atoms with van der Waals surface area (Å²) in [5.74, 6) is 0.486. The van der Waals surface area contributed by atoms with Crippen LogP contribution in [0.3, 0.4) is 0 Å². The molecule has 25 heavy (non-hydrogen) atoms. The van der Waals surface area contributed by atoms with E-state index in [4.69, 9.17) is 9.84 Å². The number of carbonyl (C=O) groups excluding carboxylic acids is 1. The van der Waals surface area contributed by atoms with Crippen molar-refractivity contribution < 1.29 is 19.4 Å². The zero-order valence-corrected chi connectivity index (χ0v) is 14.9. The van der Waals surface area contributed by atoms with E-state index in [-0.39, 0.29) is 18.2 Å². The Bertz CT molecular complexity index is 611. The first-order chi connectivity index (χ1) is 12.0. The van der Waals surface area contributed by atoms with Crippen molar-refractivity contribution in [2.24, 2.45) is 5.92 Å². The largest absolute Gasteiger partial charge is 0.497 e. The molecule has 136 valence electrons. The molecule has 0 atom stereocenters. The summed E-state index contributed by atoms with van der Waals surface area (Å²) in [6, 6.07) is 7.92. The number of methoxy groups -OCH3 is 1. The molecule has 1 aromatic rings. The fourth-order valence-electron chi connectivity index (χ4n) is 4.40.